The first-order valence-corrected chi connectivity index (χ1v) is 15.1. The zero-order valence-electron chi connectivity index (χ0n) is 24.3. The van der Waals surface area contributed by atoms with E-state index in [1.165, 1.54) is 31.0 Å². The van der Waals surface area contributed by atoms with Crippen LogP contribution in [0.4, 0.5) is 8.78 Å². The fourth-order valence-electron chi connectivity index (χ4n) is 5.19. The predicted octanol–water partition coefficient (Wildman–Crippen LogP) is 9.40. The molecule has 0 spiro atoms. The molecule has 0 amide bonds. The maximum Gasteiger partial charge on any atom is 0.341 e. The Morgan fingerprint density at radius 2 is 1.46 bits per heavy atom. The highest BCUT2D eigenvalue weighted by Crippen LogP contribution is 2.30. The summed E-state index contributed by atoms with van der Waals surface area (Å²) in [5.74, 6) is -0.319. The second kappa shape index (κ2) is 15.7. The molecule has 0 heterocycles. The SMILES string of the molecule is CCCCCCOC(=O)c1ccc(-c2ccc(-c3ccc(OCCCOC4CCC(C)CC4)cc3)cc2F)cc1F. The van der Waals surface area contributed by atoms with Gasteiger partial charge in [0.25, 0.3) is 0 Å². The molecule has 0 unspecified atom stereocenters. The number of halogens is 2. The summed E-state index contributed by atoms with van der Waals surface area (Å²) in [4.78, 5) is 12.2. The Hall–Kier alpha value is -3.25. The summed E-state index contributed by atoms with van der Waals surface area (Å²) in [5.41, 5.74) is 2.03. The van der Waals surface area contributed by atoms with Crippen molar-refractivity contribution in [1.29, 1.82) is 0 Å². The number of carbonyl (C=O) groups excluding carboxylic acids is 1. The Morgan fingerprint density at radius 1 is 0.756 bits per heavy atom. The average molecular weight is 565 g/mol. The van der Waals surface area contributed by atoms with E-state index in [-0.39, 0.29) is 17.7 Å². The zero-order valence-corrected chi connectivity index (χ0v) is 24.3. The highest BCUT2D eigenvalue weighted by molar-refractivity contribution is 5.90. The van der Waals surface area contributed by atoms with E-state index in [0.717, 1.165) is 62.2 Å². The normalized spacial score (nSPS) is 16.9. The van der Waals surface area contributed by atoms with Crippen molar-refractivity contribution in [2.45, 2.75) is 77.7 Å². The van der Waals surface area contributed by atoms with Crippen molar-refractivity contribution in [2.75, 3.05) is 19.8 Å². The number of benzene rings is 3. The Bertz CT molecular complexity index is 1250. The van der Waals surface area contributed by atoms with Gasteiger partial charge in [0.15, 0.2) is 0 Å². The Labute approximate surface area is 243 Å². The number of unbranched alkanes of at least 4 members (excludes halogenated alkanes) is 3. The fraction of sp³-hybridized carbons (Fsp3) is 0.457. The van der Waals surface area contributed by atoms with Crippen molar-refractivity contribution in [3.8, 4) is 28.0 Å². The van der Waals surface area contributed by atoms with Crippen LogP contribution in [0.3, 0.4) is 0 Å². The van der Waals surface area contributed by atoms with E-state index in [9.17, 15) is 9.18 Å². The van der Waals surface area contributed by atoms with Crippen LogP contribution in [0.2, 0.25) is 0 Å². The van der Waals surface area contributed by atoms with Crippen LogP contribution in [0, 0.1) is 17.6 Å². The van der Waals surface area contributed by atoms with Gasteiger partial charge in [0.1, 0.15) is 17.4 Å². The van der Waals surface area contributed by atoms with Gasteiger partial charge in [0.05, 0.1) is 31.5 Å². The van der Waals surface area contributed by atoms with Crippen LogP contribution in [0.5, 0.6) is 5.75 Å². The number of esters is 1. The number of hydrogen-bond donors (Lipinski definition) is 0. The van der Waals surface area contributed by atoms with Crippen LogP contribution < -0.4 is 4.74 Å². The fourth-order valence-corrected chi connectivity index (χ4v) is 5.19. The van der Waals surface area contributed by atoms with Crippen LogP contribution in [0.25, 0.3) is 22.3 Å². The molecular formula is C35H42F2O4. The van der Waals surface area contributed by atoms with E-state index >= 15 is 4.39 Å². The van der Waals surface area contributed by atoms with Gasteiger partial charge in [-0.15, -0.1) is 0 Å². The highest BCUT2D eigenvalue weighted by Gasteiger charge is 2.18. The van der Waals surface area contributed by atoms with Crippen LogP contribution in [0.15, 0.2) is 60.7 Å². The molecule has 0 bridgehead atoms. The molecule has 4 nitrogen and oxygen atoms in total. The van der Waals surface area contributed by atoms with Gasteiger partial charge in [0.2, 0.25) is 0 Å². The molecule has 6 heteroatoms. The van der Waals surface area contributed by atoms with Crippen LogP contribution in [0.1, 0.15) is 82.0 Å². The van der Waals surface area contributed by atoms with Gasteiger partial charge in [-0.25, -0.2) is 13.6 Å². The third-order valence-electron chi connectivity index (χ3n) is 7.76. The standard InChI is InChI=1S/C35H42F2O4/c1-3-4-5-6-20-41-35(38)32-19-13-28(24-34(32)37)31-18-12-27(23-33(31)36)26-10-16-30(17-11-26)40-22-7-21-39-29-14-8-25(2)9-15-29/h10-13,16-19,23-25,29H,3-9,14-15,20-22H2,1-2H3. The molecule has 220 valence electrons. The Balaban J connectivity index is 1.28. The third-order valence-corrected chi connectivity index (χ3v) is 7.76. The van der Waals surface area contributed by atoms with Crippen molar-refractivity contribution in [2.24, 2.45) is 5.92 Å². The van der Waals surface area contributed by atoms with Gasteiger partial charge in [-0.1, -0.05) is 63.4 Å². The quantitative estimate of drug-likeness (QED) is 0.145. The van der Waals surface area contributed by atoms with E-state index in [1.54, 1.807) is 18.2 Å². The van der Waals surface area contributed by atoms with Crippen molar-refractivity contribution in [1.82, 2.24) is 0 Å². The molecule has 1 saturated carbocycles. The minimum Gasteiger partial charge on any atom is -0.494 e. The van der Waals surface area contributed by atoms with Gasteiger partial charge >= 0.3 is 5.97 Å². The summed E-state index contributed by atoms with van der Waals surface area (Å²) in [5, 5.41) is 0. The largest absolute Gasteiger partial charge is 0.494 e. The molecule has 3 aromatic carbocycles. The summed E-state index contributed by atoms with van der Waals surface area (Å²) in [6, 6.07) is 16.5. The molecular weight excluding hydrogens is 522 g/mol. The molecule has 41 heavy (non-hydrogen) atoms. The second-order valence-electron chi connectivity index (χ2n) is 11.1. The number of carbonyl (C=O) groups is 1. The second-order valence-corrected chi connectivity index (χ2v) is 11.1. The Kier molecular flexibility index (Phi) is 11.7. The van der Waals surface area contributed by atoms with E-state index < -0.39 is 17.6 Å². The van der Waals surface area contributed by atoms with Gasteiger partial charge in [-0.05, 0) is 85.0 Å². The number of hydrogen-bond acceptors (Lipinski definition) is 4. The minimum absolute atomic E-state index is 0.144. The van der Waals surface area contributed by atoms with E-state index in [0.29, 0.717) is 30.4 Å². The lowest BCUT2D eigenvalue weighted by molar-refractivity contribution is 0.0146. The van der Waals surface area contributed by atoms with Gasteiger partial charge in [-0.2, -0.15) is 0 Å². The first kappa shape index (κ1) is 30.7. The van der Waals surface area contributed by atoms with Crippen molar-refractivity contribution < 1.29 is 27.8 Å². The van der Waals surface area contributed by atoms with E-state index in [1.807, 2.05) is 24.3 Å². The molecule has 1 aliphatic rings. The third kappa shape index (κ3) is 9.12. The zero-order chi connectivity index (χ0) is 29.0. The first-order valence-electron chi connectivity index (χ1n) is 15.1. The lowest BCUT2D eigenvalue weighted by atomic mass is 9.89. The summed E-state index contributed by atoms with van der Waals surface area (Å²) in [6.07, 6.45) is 9.92. The monoisotopic (exact) mass is 564 g/mol. The van der Waals surface area contributed by atoms with Gasteiger partial charge < -0.3 is 14.2 Å². The van der Waals surface area contributed by atoms with Crippen molar-refractivity contribution in [3.63, 3.8) is 0 Å². The average Bonchev–Trinajstić information content (AvgIpc) is 2.98. The smallest absolute Gasteiger partial charge is 0.341 e. The van der Waals surface area contributed by atoms with Gasteiger partial charge in [0, 0.05) is 12.0 Å². The number of ether oxygens (including phenoxy) is 3. The van der Waals surface area contributed by atoms with E-state index in [2.05, 4.69) is 13.8 Å². The van der Waals surface area contributed by atoms with Gasteiger partial charge in [-0.3, -0.25) is 0 Å². The summed E-state index contributed by atoms with van der Waals surface area (Å²) in [7, 11) is 0. The summed E-state index contributed by atoms with van der Waals surface area (Å²) >= 11 is 0. The molecule has 1 fully saturated rings. The van der Waals surface area contributed by atoms with Crippen molar-refractivity contribution in [3.05, 3.63) is 77.9 Å². The molecule has 3 aromatic rings. The first-order chi connectivity index (χ1) is 19.9. The topological polar surface area (TPSA) is 44.8 Å². The lowest BCUT2D eigenvalue weighted by Crippen LogP contribution is -2.21. The molecule has 4 rings (SSSR count). The molecule has 0 saturated heterocycles. The molecule has 0 radical (unpaired) electrons. The molecule has 0 aromatic heterocycles. The predicted molar refractivity (Wildman–Crippen MR) is 159 cm³/mol. The lowest BCUT2D eigenvalue weighted by Gasteiger charge is -2.26. The maximum absolute atomic E-state index is 15.1. The highest BCUT2D eigenvalue weighted by atomic mass is 19.1. The van der Waals surface area contributed by atoms with Crippen molar-refractivity contribution >= 4 is 5.97 Å². The van der Waals surface area contributed by atoms with Crippen LogP contribution in [-0.4, -0.2) is 31.9 Å². The number of rotatable bonds is 14. The minimum atomic E-state index is -0.727. The Morgan fingerprint density at radius 3 is 2.17 bits per heavy atom. The van der Waals surface area contributed by atoms with E-state index in [4.69, 9.17) is 14.2 Å². The molecule has 0 atom stereocenters. The molecule has 0 N–H and O–H groups in total. The van der Waals surface area contributed by atoms with Crippen LogP contribution in [-0.2, 0) is 9.47 Å². The summed E-state index contributed by atoms with van der Waals surface area (Å²) < 4.78 is 46.9. The van der Waals surface area contributed by atoms with Crippen LogP contribution >= 0.6 is 0 Å². The molecule has 1 aliphatic carbocycles. The summed E-state index contributed by atoms with van der Waals surface area (Å²) in [6.45, 7) is 5.96. The molecule has 0 aliphatic heterocycles. The maximum atomic E-state index is 15.1.